The highest BCUT2D eigenvalue weighted by atomic mass is 16.5. The van der Waals surface area contributed by atoms with E-state index in [4.69, 9.17) is 4.74 Å². The zero-order valence-electron chi connectivity index (χ0n) is 12.9. The summed E-state index contributed by atoms with van der Waals surface area (Å²) in [4.78, 5) is 11.1. The van der Waals surface area contributed by atoms with Crippen LogP contribution >= 0.6 is 0 Å². The third-order valence-electron chi connectivity index (χ3n) is 5.60. The molecule has 0 aromatic carbocycles. The van der Waals surface area contributed by atoms with E-state index in [1.54, 1.807) is 0 Å². The van der Waals surface area contributed by atoms with E-state index in [1.807, 2.05) is 0 Å². The van der Waals surface area contributed by atoms with Crippen LogP contribution in [0.5, 0.6) is 0 Å². The van der Waals surface area contributed by atoms with Crippen molar-refractivity contribution in [2.24, 2.45) is 29.1 Å². The van der Waals surface area contributed by atoms with E-state index in [2.05, 4.69) is 27.4 Å². The second-order valence-corrected chi connectivity index (χ2v) is 7.29. The van der Waals surface area contributed by atoms with Gasteiger partial charge in [-0.25, -0.2) is 0 Å². The third kappa shape index (κ3) is 2.88. The number of fused-ring (bicyclic) bond motifs is 1. The van der Waals surface area contributed by atoms with Crippen molar-refractivity contribution in [1.82, 2.24) is 0 Å². The van der Waals surface area contributed by atoms with Crippen molar-refractivity contribution in [2.75, 3.05) is 6.61 Å². The van der Waals surface area contributed by atoms with Crippen LogP contribution in [0.15, 0.2) is 12.2 Å². The average Bonchev–Trinajstić information content (AvgIpc) is 2.32. The molecule has 4 atom stereocenters. The summed E-state index contributed by atoms with van der Waals surface area (Å²) in [7, 11) is 0. The summed E-state index contributed by atoms with van der Waals surface area (Å²) in [6, 6.07) is 0. The highest BCUT2D eigenvalue weighted by molar-refractivity contribution is 5.65. The van der Waals surface area contributed by atoms with Gasteiger partial charge >= 0.3 is 5.97 Å². The van der Waals surface area contributed by atoms with Crippen LogP contribution in [0.25, 0.3) is 0 Å². The van der Waals surface area contributed by atoms with Crippen LogP contribution < -0.4 is 0 Å². The maximum Gasteiger partial charge on any atom is 0.302 e. The first kappa shape index (κ1) is 14.6. The van der Waals surface area contributed by atoms with Gasteiger partial charge in [0, 0.05) is 12.8 Å². The number of hydrogen-bond acceptors (Lipinski definition) is 2. The van der Waals surface area contributed by atoms with Gasteiger partial charge in [-0.2, -0.15) is 0 Å². The largest absolute Gasteiger partial charge is 0.465 e. The monoisotopic (exact) mass is 264 g/mol. The second kappa shape index (κ2) is 5.30. The number of esters is 1. The molecule has 0 heterocycles. The number of carbonyl (C=O) groups is 1. The first-order chi connectivity index (χ1) is 8.83. The number of rotatable bonds is 2. The number of ether oxygens (including phenoxy) is 1. The van der Waals surface area contributed by atoms with Crippen LogP contribution in [0.2, 0.25) is 0 Å². The topological polar surface area (TPSA) is 26.3 Å². The lowest BCUT2D eigenvalue weighted by Gasteiger charge is -2.53. The fraction of sp³-hybridized carbons (Fsp3) is 0.824. The van der Waals surface area contributed by atoms with Crippen molar-refractivity contribution in [3.63, 3.8) is 0 Å². The molecule has 0 saturated heterocycles. The molecule has 0 aliphatic heterocycles. The average molecular weight is 264 g/mol. The van der Waals surface area contributed by atoms with Crippen LogP contribution in [0, 0.1) is 29.1 Å². The predicted molar refractivity (Wildman–Crippen MR) is 77.7 cm³/mol. The minimum Gasteiger partial charge on any atom is -0.465 e. The van der Waals surface area contributed by atoms with E-state index in [9.17, 15) is 4.79 Å². The summed E-state index contributed by atoms with van der Waals surface area (Å²) in [6.07, 6.45) is 4.97. The summed E-state index contributed by atoms with van der Waals surface area (Å²) in [6.45, 7) is 13.5. The predicted octanol–water partition coefficient (Wildman–Crippen LogP) is 4.20. The van der Waals surface area contributed by atoms with Crippen molar-refractivity contribution in [1.29, 1.82) is 0 Å². The molecule has 2 heteroatoms. The summed E-state index contributed by atoms with van der Waals surface area (Å²) in [5.74, 6) is 2.32. The Labute approximate surface area is 117 Å². The van der Waals surface area contributed by atoms with E-state index in [1.165, 1.54) is 31.8 Å². The maximum absolute atomic E-state index is 11.1. The summed E-state index contributed by atoms with van der Waals surface area (Å²) < 4.78 is 5.32. The van der Waals surface area contributed by atoms with Crippen LogP contribution in [-0.2, 0) is 9.53 Å². The van der Waals surface area contributed by atoms with E-state index in [0.29, 0.717) is 23.9 Å². The lowest BCUT2D eigenvalue weighted by molar-refractivity contribution is -0.144. The molecule has 0 amide bonds. The van der Waals surface area contributed by atoms with Gasteiger partial charge in [0.05, 0.1) is 6.61 Å². The minimum absolute atomic E-state index is 0.169. The zero-order chi connectivity index (χ0) is 14.2. The molecule has 2 fully saturated rings. The normalized spacial score (nSPS) is 37.6. The SMILES string of the molecule is C=C1CC[C@H]2[C@H](C(C)CCC2(C)C)C1COC(C)=O. The molecular formula is C17H28O2. The molecule has 0 N–H and O–H groups in total. The molecule has 108 valence electrons. The lowest BCUT2D eigenvalue weighted by atomic mass is 9.52. The molecule has 2 aliphatic carbocycles. The molecule has 2 saturated carbocycles. The van der Waals surface area contributed by atoms with Gasteiger partial charge in [0.25, 0.3) is 0 Å². The third-order valence-corrected chi connectivity index (χ3v) is 5.60. The lowest BCUT2D eigenvalue weighted by Crippen LogP contribution is -2.46. The van der Waals surface area contributed by atoms with Crippen LogP contribution in [0.3, 0.4) is 0 Å². The minimum atomic E-state index is -0.169. The Morgan fingerprint density at radius 1 is 1.42 bits per heavy atom. The Balaban J connectivity index is 2.19. The fourth-order valence-electron chi connectivity index (χ4n) is 4.39. The summed E-state index contributed by atoms with van der Waals surface area (Å²) in [5, 5.41) is 0. The zero-order valence-corrected chi connectivity index (χ0v) is 12.9. The van der Waals surface area contributed by atoms with Gasteiger partial charge in [0.15, 0.2) is 0 Å². The Morgan fingerprint density at radius 3 is 2.74 bits per heavy atom. The van der Waals surface area contributed by atoms with Crippen molar-refractivity contribution in [2.45, 2.75) is 53.4 Å². The van der Waals surface area contributed by atoms with Gasteiger partial charge in [0.1, 0.15) is 0 Å². The van der Waals surface area contributed by atoms with Gasteiger partial charge in [-0.1, -0.05) is 32.9 Å². The molecule has 2 rings (SSSR count). The van der Waals surface area contributed by atoms with Crippen LogP contribution in [0.1, 0.15) is 53.4 Å². The van der Waals surface area contributed by atoms with E-state index < -0.39 is 0 Å². The Morgan fingerprint density at radius 2 is 2.11 bits per heavy atom. The highest BCUT2D eigenvalue weighted by Crippen LogP contribution is 2.55. The van der Waals surface area contributed by atoms with Gasteiger partial charge in [0.2, 0.25) is 0 Å². The summed E-state index contributed by atoms with van der Waals surface area (Å²) >= 11 is 0. The quantitative estimate of drug-likeness (QED) is 0.552. The molecule has 2 aliphatic rings. The van der Waals surface area contributed by atoms with Crippen molar-refractivity contribution in [3.05, 3.63) is 12.2 Å². The van der Waals surface area contributed by atoms with Crippen molar-refractivity contribution in [3.8, 4) is 0 Å². The molecule has 0 aromatic rings. The molecule has 0 radical (unpaired) electrons. The van der Waals surface area contributed by atoms with Gasteiger partial charge in [-0.15, -0.1) is 0 Å². The Hall–Kier alpha value is -0.790. The molecule has 0 spiro atoms. The van der Waals surface area contributed by atoms with E-state index in [0.717, 1.165) is 18.3 Å². The van der Waals surface area contributed by atoms with Crippen molar-refractivity contribution < 1.29 is 9.53 Å². The number of hydrogen-bond donors (Lipinski definition) is 0. The van der Waals surface area contributed by atoms with Gasteiger partial charge < -0.3 is 4.74 Å². The van der Waals surface area contributed by atoms with Crippen molar-refractivity contribution >= 4 is 5.97 Å². The van der Waals surface area contributed by atoms with E-state index in [-0.39, 0.29) is 5.97 Å². The van der Waals surface area contributed by atoms with E-state index >= 15 is 0 Å². The standard InChI is InChI=1S/C17H28O2/c1-11-6-7-15-16(14(11)10-19-13(3)18)12(2)8-9-17(15,4)5/h12,14-16H,1,6-10H2,2-5H3/t12?,14?,15-,16+/m0/s1. The van der Waals surface area contributed by atoms with Crippen LogP contribution in [0.4, 0.5) is 0 Å². The molecule has 2 unspecified atom stereocenters. The van der Waals surface area contributed by atoms with Gasteiger partial charge in [-0.05, 0) is 48.9 Å². The maximum atomic E-state index is 11.1. The Bertz CT molecular complexity index is 369. The first-order valence-corrected chi connectivity index (χ1v) is 7.64. The molecule has 0 bridgehead atoms. The molecule has 19 heavy (non-hydrogen) atoms. The fourth-order valence-corrected chi connectivity index (χ4v) is 4.39. The number of carbonyl (C=O) groups excluding carboxylic acids is 1. The molecular weight excluding hydrogens is 236 g/mol. The molecule has 2 nitrogen and oxygen atoms in total. The smallest absolute Gasteiger partial charge is 0.302 e. The van der Waals surface area contributed by atoms with Gasteiger partial charge in [-0.3, -0.25) is 4.79 Å². The second-order valence-electron chi connectivity index (χ2n) is 7.29. The van der Waals surface area contributed by atoms with Crippen LogP contribution in [-0.4, -0.2) is 12.6 Å². The summed E-state index contributed by atoms with van der Waals surface area (Å²) in [5.41, 5.74) is 1.72. The highest BCUT2D eigenvalue weighted by Gasteiger charge is 2.48. The first-order valence-electron chi connectivity index (χ1n) is 7.64. The Kier molecular flexibility index (Phi) is 4.08. The molecule has 0 aromatic heterocycles.